The normalized spacial score (nSPS) is 11.7. The molecule has 0 aromatic heterocycles. The van der Waals surface area contributed by atoms with Gasteiger partial charge in [0, 0.05) is 18.0 Å². The third-order valence-corrected chi connectivity index (χ3v) is 3.01. The topological polar surface area (TPSA) is 55.4 Å². The number of hydrogen-bond donors (Lipinski definition) is 1. The number of alkyl carbamates (subject to hydrolysis) is 1. The molecule has 126 valence electrons. The minimum atomic E-state index is -0.477. The number of carbonyl (C=O) groups excluding carboxylic acids is 2. The quantitative estimate of drug-likeness (QED) is 0.623. The SMILES string of the molecule is CC(C)C(=O)c1ccc(C=CCCNC(=O)OC(C)(C)C)cc1. The van der Waals surface area contributed by atoms with E-state index >= 15 is 0 Å². The monoisotopic (exact) mass is 317 g/mol. The van der Waals surface area contributed by atoms with Crippen molar-refractivity contribution in [3.63, 3.8) is 0 Å². The molecule has 0 atom stereocenters. The van der Waals surface area contributed by atoms with Gasteiger partial charge < -0.3 is 10.1 Å². The molecule has 0 bridgehead atoms. The molecule has 0 saturated carbocycles. The van der Waals surface area contributed by atoms with E-state index in [0.717, 1.165) is 11.1 Å². The molecule has 0 saturated heterocycles. The Balaban J connectivity index is 2.38. The van der Waals surface area contributed by atoms with Gasteiger partial charge in [-0.05, 0) is 32.8 Å². The molecule has 1 rings (SSSR count). The van der Waals surface area contributed by atoms with Crippen molar-refractivity contribution >= 4 is 18.0 Å². The van der Waals surface area contributed by atoms with Crippen LogP contribution < -0.4 is 5.32 Å². The van der Waals surface area contributed by atoms with Gasteiger partial charge in [-0.25, -0.2) is 4.79 Å². The van der Waals surface area contributed by atoms with Crippen molar-refractivity contribution in [1.29, 1.82) is 0 Å². The van der Waals surface area contributed by atoms with Gasteiger partial charge >= 0.3 is 6.09 Å². The smallest absolute Gasteiger partial charge is 0.407 e. The predicted molar refractivity (Wildman–Crippen MR) is 93.5 cm³/mol. The lowest BCUT2D eigenvalue weighted by atomic mass is 10.00. The van der Waals surface area contributed by atoms with Crippen LogP contribution in [0.5, 0.6) is 0 Å². The fourth-order valence-electron chi connectivity index (χ4n) is 1.88. The van der Waals surface area contributed by atoms with E-state index in [4.69, 9.17) is 4.74 Å². The molecule has 1 amide bonds. The average Bonchev–Trinajstić information content (AvgIpc) is 2.45. The van der Waals surface area contributed by atoms with Crippen LogP contribution in [0.4, 0.5) is 4.79 Å². The summed E-state index contributed by atoms with van der Waals surface area (Å²) >= 11 is 0. The highest BCUT2D eigenvalue weighted by Crippen LogP contribution is 2.11. The summed E-state index contributed by atoms with van der Waals surface area (Å²) in [4.78, 5) is 23.3. The van der Waals surface area contributed by atoms with Gasteiger partial charge in [-0.1, -0.05) is 50.3 Å². The molecule has 0 unspecified atom stereocenters. The first-order chi connectivity index (χ1) is 10.7. The minimum Gasteiger partial charge on any atom is -0.444 e. The van der Waals surface area contributed by atoms with Crippen LogP contribution in [0.1, 0.15) is 57.0 Å². The molecule has 4 nitrogen and oxygen atoms in total. The van der Waals surface area contributed by atoms with Gasteiger partial charge in [-0.15, -0.1) is 0 Å². The lowest BCUT2D eigenvalue weighted by molar-refractivity contribution is 0.0528. The van der Waals surface area contributed by atoms with Crippen molar-refractivity contribution in [3.05, 3.63) is 41.5 Å². The second kappa shape index (κ2) is 8.51. The standard InChI is InChI=1S/C19H27NO3/c1-14(2)17(21)16-11-9-15(10-12-16)8-6-7-13-20-18(22)23-19(3,4)5/h6,8-12,14H,7,13H2,1-5H3,(H,20,22). The Morgan fingerprint density at radius 2 is 1.78 bits per heavy atom. The predicted octanol–water partition coefficient (Wildman–Crippen LogP) is 4.45. The molecule has 0 heterocycles. The second-order valence-electron chi connectivity index (χ2n) is 6.76. The maximum absolute atomic E-state index is 11.8. The van der Waals surface area contributed by atoms with E-state index in [9.17, 15) is 9.59 Å². The summed E-state index contributed by atoms with van der Waals surface area (Å²) in [6, 6.07) is 7.54. The Morgan fingerprint density at radius 3 is 2.30 bits per heavy atom. The summed E-state index contributed by atoms with van der Waals surface area (Å²) in [5.74, 6) is 0.164. The molecule has 0 aliphatic carbocycles. The van der Waals surface area contributed by atoms with Crippen molar-refractivity contribution in [2.45, 2.75) is 46.6 Å². The van der Waals surface area contributed by atoms with Crippen LogP contribution >= 0.6 is 0 Å². The first kappa shape index (κ1) is 18.9. The number of carbonyl (C=O) groups is 2. The van der Waals surface area contributed by atoms with Crippen molar-refractivity contribution in [2.24, 2.45) is 5.92 Å². The Hall–Kier alpha value is -2.10. The van der Waals surface area contributed by atoms with Crippen LogP contribution in [-0.4, -0.2) is 24.0 Å². The van der Waals surface area contributed by atoms with E-state index in [1.807, 2.05) is 71.0 Å². The van der Waals surface area contributed by atoms with Gasteiger partial charge in [0.1, 0.15) is 5.60 Å². The minimum absolute atomic E-state index is 0.00956. The summed E-state index contributed by atoms with van der Waals surface area (Å²) < 4.78 is 5.15. The maximum Gasteiger partial charge on any atom is 0.407 e. The fourth-order valence-corrected chi connectivity index (χ4v) is 1.88. The first-order valence-corrected chi connectivity index (χ1v) is 7.97. The highest BCUT2D eigenvalue weighted by molar-refractivity contribution is 5.97. The molecule has 4 heteroatoms. The van der Waals surface area contributed by atoms with Gasteiger partial charge in [-0.3, -0.25) is 4.79 Å². The lowest BCUT2D eigenvalue weighted by Gasteiger charge is -2.19. The largest absolute Gasteiger partial charge is 0.444 e. The Kier molecular flexibility index (Phi) is 7.01. The average molecular weight is 317 g/mol. The molecule has 1 aromatic carbocycles. The Bertz CT molecular complexity index is 551. The lowest BCUT2D eigenvalue weighted by Crippen LogP contribution is -2.32. The van der Waals surface area contributed by atoms with E-state index in [-0.39, 0.29) is 11.7 Å². The first-order valence-electron chi connectivity index (χ1n) is 7.97. The van der Waals surface area contributed by atoms with E-state index in [2.05, 4.69) is 5.32 Å². The highest BCUT2D eigenvalue weighted by atomic mass is 16.6. The Morgan fingerprint density at radius 1 is 1.17 bits per heavy atom. The van der Waals surface area contributed by atoms with Gasteiger partial charge in [0.2, 0.25) is 0 Å². The van der Waals surface area contributed by atoms with Crippen molar-refractivity contribution < 1.29 is 14.3 Å². The number of nitrogens with one attached hydrogen (secondary N) is 1. The molecule has 1 aromatic rings. The van der Waals surface area contributed by atoms with E-state index < -0.39 is 11.7 Å². The molecular formula is C19H27NO3. The van der Waals surface area contributed by atoms with E-state index in [0.29, 0.717) is 13.0 Å². The van der Waals surface area contributed by atoms with Crippen LogP contribution in [0.25, 0.3) is 6.08 Å². The molecular weight excluding hydrogens is 290 g/mol. The number of amides is 1. The molecule has 0 aliphatic rings. The van der Waals surface area contributed by atoms with E-state index in [1.54, 1.807) is 0 Å². The van der Waals surface area contributed by atoms with Crippen LogP contribution in [0.2, 0.25) is 0 Å². The molecule has 0 aliphatic heterocycles. The van der Waals surface area contributed by atoms with Crippen molar-refractivity contribution in [3.8, 4) is 0 Å². The van der Waals surface area contributed by atoms with Crippen LogP contribution in [0, 0.1) is 5.92 Å². The summed E-state index contributed by atoms with van der Waals surface area (Å²) in [7, 11) is 0. The Labute approximate surface area is 138 Å². The van der Waals surface area contributed by atoms with Crippen molar-refractivity contribution in [2.75, 3.05) is 6.54 Å². The van der Waals surface area contributed by atoms with Gasteiger partial charge in [-0.2, -0.15) is 0 Å². The maximum atomic E-state index is 11.8. The summed E-state index contributed by atoms with van der Waals surface area (Å²) in [5.41, 5.74) is 1.29. The number of ether oxygens (including phenoxy) is 1. The zero-order chi connectivity index (χ0) is 17.5. The fraction of sp³-hybridized carbons (Fsp3) is 0.474. The van der Waals surface area contributed by atoms with Crippen LogP contribution in [0.3, 0.4) is 0 Å². The molecule has 0 radical (unpaired) electrons. The second-order valence-corrected chi connectivity index (χ2v) is 6.76. The van der Waals surface area contributed by atoms with Gasteiger partial charge in [0.05, 0.1) is 0 Å². The summed E-state index contributed by atoms with van der Waals surface area (Å²) in [6.45, 7) is 9.82. The van der Waals surface area contributed by atoms with Crippen LogP contribution in [0.15, 0.2) is 30.3 Å². The number of Topliss-reactive ketones (excluding diaryl/α,β-unsaturated/α-hetero) is 1. The third-order valence-electron chi connectivity index (χ3n) is 3.01. The number of benzene rings is 1. The highest BCUT2D eigenvalue weighted by Gasteiger charge is 2.15. The van der Waals surface area contributed by atoms with E-state index in [1.165, 1.54) is 0 Å². The third kappa shape index (κ3) is 7.63. The zero-order valence-electron chi connectivity index (χ0n) is 14.7. The summed E-state index contributed by atoms with van der Waals surface area (Å²) in [5, 5.41) is 2.70. The van der Waals surface area contributed by atoms with Gasteiger partial charge in [0.25, 0.3) is 0 Å². The molecule has 1 N–H and O–H groups in total. The molecule has 23 heavy (non-hydrogen) atoms. The number of ketones is 1. The molecule has 0 fully saturated rings. The summed E-state index contributed by atoms with van der Waals surface area (Å²) in [6.07, 6.45) is 4.27. The molecule has 0 spiro atoms. The van der Waals surface area contributed by atoms with Crippen LogP contribution in [-0.2, 0) is 4.74 Å². The number of rotatable bonds is 6. The number of hydrogen-bond acceptors (Lipinski definition) is 3. The zero-order valence-corrected chi connectivity index (χ0v) is 14.7. The van der Waals surface area contributed by atoms with Gasteiger partial charge in [0.15, 0.2) is 5.78 Å². The van der Waals surface area contributed by atoms with Crippen molar-refractivity contribution in [1.82, 2.24) is 5.32 Å².